The van der Waals surface area contributed by atoms with E-state index in [0.717, 1.165) is 16.1 Å². The lowest BCUT2D eigenvalue weighted by atomic mass is 10.1. The molecule has 2 N–H and O–H groups in total. The highest BCUT2D eigenvalue weighted by molar-refractivity contribution is 7.91. The van der Waals surface area contributed by atoms with Crippen LogP contribution in [0.4, 0.5) is 5.69 Å². The van der Waals surface area contributed by atoms with Crippen molar-refractivity contribution in [1.29, 1.82) is 5.26 Å². The van der Waals surface area contributed by atoms with Crippen LogP contribution in [0, 0.1) is 11.3 Å². The van der Waals surface area contributed by atoms with Crippen LogP contribution in [-0.2, 0) is 10.2 Å². The van der Waals surface area contributed by atoms with Crippen LogP contribution < -0.4 is 23.2 Å². The number of nitriles is 1. The van der Waals surface area contributed by atoms with Crippen molar-refractivity contribution in [3.8, 4) is 29.2 Å². The number of ether oxygens (including phenoxy) is 3. The number of rotatable bonds is 5. The van der Waals surface area contributed by atoms with Crippen LogP contribution in [0.3, 0.4) is 0 Å². The van der Waals surface area contributed by atoms with E-state index in [4.69, 9.17) is 19.5 Å². The molecule has 0 radical (unpaired) electrons. The lowest BCUT2D eigenvalue weighted by Crippen LogP contribution is -2.29. The first-order chi connectivity index (χ1) is 15.9. The second kappa shape index (κ2) is 7.92. The Balaban J connectivity index is 1.32. The van der Waals surface area contributed by atoms with Gasteiger partial charge in [0, 0.05) is 17.8 Å². The van der Waals surface area contributed by atoms with Crippen LogP contribution in [0.1, 0.15) is 17.2 Å². The van der Waals surface area contributed by atoms with Crippen LogP contribution in [0.5, 0.6) is 23.1 Å². The predicted molar refractivity (Wildman–Crippen MR) is 116 cm³/mol. The first kappa shape index (κ1) is 20.5. The van der Waals surface area contributed by atoms with E-state index in [1.54, 1.807) is 42.5 Å². The molecule has 0 spiro atoms. The summed E-state index contributed by atoms with van der Waals surface area (Å²) >= 11 is 0. The normalized spacial score (nSPS) is 17.8. The molecule has 3 heterocycles. The average Bonchev–Trinajstić information content (AvgIpc) is 3.34. The highest BCUT2D eigenvalue weighted by Gasteiger charge is 2.30. The number of hydrogen-bond acceptors (Lipinski definition) is 8. The molecule has 2 aliphatic heterocycles. The summed E-state index contributed by atoms with van der Waals surface area (Å²) in [6.45, 7) is 0.263. The molecular formula is C22H16N4O6S. The molecule has 33 heavy (non-hydrogen) atoms. The van der Waals surface area contributed by atoms with E-state index >= 15 is 0 Å². The Morgan fingerprint density at radius 3 is 2.67 bits per heavy atom. The number of para-hydroxylation sites is 1. The monoisotopic (exact) mass is 464 g/mol. The summed E-state index contributed by atoms with van der Waals surface area (Å²) in [5.74, 6) is 1.41. The molecule has 0 amide bonds. The fourth-order valence-electron chi connectivity index (χ4n) is 3.42. The Morgan fingerprint density at radius 1 is 1.18 bits per heavy atom. The smallest absolute Gasteiger partial charge is 0.330 e. The van der Waals surface area contributed by atoms with Crippen molar-refractivity contribution in [2.45, 2.75) is 6.10 Å². The summed E-state index contributed by atoms with van der Waals surface area (Å²) in [4.78, 5) is 4.11. The lowest BCUT2D eigenvalue weighted by Gasteiger charge is -2.16. The quantitative estimate of drug-likeness (QED) is 0.588. The van der Waals surface area contributed by atoms with Gasteiger partial charge in [0.05, 0.1) is 17.5 Å². The average molecular weight is 464 g/mol. The van der Waals surface area contributed by atoms with Gasteiger partial charge in [-0.1, -0.05) is 12.1 Å². The fourth-order valence-corrected chi connectivity index (χ4v) is 4.48. The van der Waals surface area contributed by atoms with Crippen LogP contribution in [-0.4, -0.2) is 25.1 Å². The van der Waals surface area contributed by atoms with E-state index in [-0.39, 0.29) is 6.61 Å². The topological polar surface area (TPSA) is 134 Å². The Kier molecular flexibility index (Phi) is 4.91. The van der Waals surface area contributed by atoms with Crippen LogP contribution in [0.25, 0.3) is 0 Å². The molecule has 1 atom stereocenters. The lowest BCUT2D eigenvalue weighted by molar-refractivity contribution is 0.162. The molecule has 0 unspecified atom stereocenters. The van der Waals surface area contributed by atoms with E-state index in [9.17, 15) is 13.5 Å². The van der Waals surface area contributed by atoms with Gasteiger partial charge >= 0.3 is 10.2 Å². The van der Waals surface area contributed by atoms with Crippen molar-refractivity contribution in [2.24, 2.45) is 0 Å². The number of pyridine rings is 1. The molecular weight excluding hydrogens is 448 g/mol. The van der Waals surface area contributed by atoms with Gasteiger partial charge in [0.1, 0.15) is 18.4 Å². The Hall–Kier alpha value is -4.43. The van der Waals surface area contributed by atoms with E-state index in [2.05, 4.69) is 4.98 Å². The Bertz CT molecular complexity index is 1380. The van der Waals surface area contributed by atoms with Gasteiger partial charge in [-0.25, -0.2) is 14.0 Å². The molecule has 0 bridgehead atoms. The standard InChI is InChI=1S/C22H16N4O6S/c23-10-14-4-9-21(24-11-14)32-18-3-1-2-17-19(13-30-22(17)18)31-16-7-5-15(6-8-16)26-12-20(27)25-33(26,28)29/h1-9,11-12,19,25,27H,13H2/t19-/m1/s1. The number of nitrogens with one attached hydrogen (secondary N) is 1. The zero-order valence-corrected chi connectivity index (χ0v) is 17.7. The van der Waals surface area contributed by atoms with Crippen molar-refractivity contribution in [3.05, 3.63) is 84.0 Å². The summed E-state index contributed by atoms with van der Waals surface area (Å²) in [5, 5.41) is 18.3. The van der Waals surface area contributed by atoms with Gasteiger partial charge in [0.15, 0.2) is 17.6 Å². The first-order valence-electron chi connectivity index (χ1n) is 9.72. The van der Waals surface area contributed by atoms with Crippen molar-refractivity contribution in [1.82, 2.24) is 9.71 Å². The number of benzene rings is 2. The summed E-state index contributed by atoms with van der Waals surface area (Å²) in [7, 11) is -3.85. The molecule has 5 rings (SSSR count). The highest BCUT2D eigenvalue weighted by Crippen LogP contribution is 2.43. The van der Waals surface area contributed by atoms with Gasteiger partial charge in [0.2, 0.25) is 11.8 Å². The minimum atomic E-state index is -3.85. The number of aliphatic hydroxyl groups is 1. The second-order valence-corrected chi connectivity index (χ2v) is 8.65. The number of nitrogens with zero attached hydrogens (tertiary/aromatic N) is 3. The first-order valence-corrected chi connectivity index (χ1v) is 11.2. The van der Waals surface area contributed by atoms with Gasteiger partial charge in [-0.15, -0.1) is 0 Å². The SMILES string of the molecule is N#Cc1ccc(Oc2cccc3c2OC[C@H]3Oc2ccc(N3C=C(O)NS3(=O)=O)cc2)nc1. The molecule has 166 valence electrons. The van der Waals surface area contributed by atoms with Crippen LogP contribution >= 0.6 is 0 Å². The van der Waals surface area contributed by atoms with E-state index in [0.29, 0.717) is 34.4 Å². The number of anilines is 1. The summed E-state index contributed by atoms with van der Waals surface area (Å²) < 4.78 is 44.6. The van der Waals surface area contributed by atoms with Gasteiger partial charge in [-0.2, -0.15) is 13.7 Å². The highest BCUT2D eigenvalue weighted by atomic mass is 32.2. The van der Waals surface area contributed by atoms with E-state index in [1.165, 1.54) is 6.20 Å². The molecule has 1 aromatic heterocycles. The third-order valence-electron chi connectivity index (χ3n) is 4.92. The maximum absolute atomic E-state index is 12.0. The number of aliphatic hydroxyl groups excluding tert-OH is 1. The molecule has 10 nitrogen and oxygen atoms in total. The molecule has 0 fully saturated rings. The molecule has 0 saturated heterocycles. The van der Waals surface area contributed by atoms with Gasteiger partial charge in [-0.3, -0.25) is 0 Å². The second-order valence-electron chi connectivity index (χ2n) is 7.10. The number of fused-ring (bicyclic) bond motifs is 1. The van der Waals surface area contributed by atoms with Crippen LogP contribution in [0.2, 0.25) is 0 Å². The van der Waals surface area contributed by atoms with Crippen molar-refractivity contribution in [2.75, 3.05) is 10.9 Å². The Morgan fingerprint density at radius 2 is 2.00 bits per heavy atom. The minimum Gasteiger partial charge on any atom is -0.493 e. The molecule has 2 aromatic carbocycles. The van der Waals surface area contributed by atoms with Crippen molar-refractivity contribution in [3.63, 3.8) is 0 Å². The zero-order chi connectivity index (χ0) is 23.0. The fraction of sp³-hybridized carbons (Fsp3) is 0.0909. The minimum absolute atomic E-state index is 0.263. The van der Waals surface area contributed by atoms with Crippen LogP contribution in [0.15, 0.2) is 72.9 Å². The predicted octanol–water partition coefficient (Wildman–Crippen LogP) is 3.27. The van der Waals surface area contributed by atoms with Gasteiger partial charge < -0.3 is 19.3 Å². The molecule has 11 heteroatoms. The number of aromatic nitrogens is 1. The van der Waals surface area contributed by atoms with Crippen molar-refractivity contribution < 1.29 is 27.7 Å². The summed E-state index contributed by atoms with van der Waals surface area (Å²) in [6.07, 6.45) is 2.11. The largest absolute Gasteiger partial charge is 0.493 e. The van der Waals surface area contributed by atoms with Gasteiger partial charge in [-0.05, 0) is 36.4 Å². The van der Waals surface area contributed by atoms with E-state index in [1.807, 2.05) is 22.9 Å². The molecule has 3 aromatic rings. The van der Waals surface area contributed by atoms with Gasteiger partial charge in [0.25, 0.3) is 0 Å². The zero-order valence-electron chi connectivity index (χ0n) is 16.9. The summed E-state index contributed by atoms with van der Waals surface area (Å²) in [5.41, 5.74) is 1.57. The third-order valence-corrected chi connectivity index (χ3v) is 6.22. The van der Waals surface area contributed by atoms with E-state index < -0.39 is 22.2 Å². The maximum atomic E-state index is 12.0. The molecule has 2 aliphatic rings. The number of hydrogen-bond donors (Lipinski definition) is 2. The Labute approximate surface area is 189 Å². The summed E-state index contributed by atoms with van der Waals surface area (Å²) in [6, 6.07) is 17.1. The molecule has 0 saturated carbocycles. The maximum Gasteiger partial charge on any atom is 0.330 e. The van der Waals surface area contributed by atoms with Crippen molar-refractivity contribution >= 4 is 15.9 Å². The third kappa shape index (κ3) is 3.95. The molecule has 0 aliphatic carbocycles.